The number of rotatable bonds is 4. The lowest BCUT2D eigenvalue weighted by molar-refractivity contribution is -0.118. The molecule has 0 saturated carbocycles. The average molecular weight is 273 g/mol. The Kier molecular flexibility index (Phi) is 3.39. The molecule has 0 atom stereocenters. The van der Waals surface area contributed by atoms with Gasteiger partial charge in [0, 0.05) is 12.6 Å². The van der Waals surface area contributed by atoms with E-state index >= 15 is 0 Å². The van der Waals surface area contributed by atoms with Crippen LogP contribution in [0.3, 0.4) is 0 Å². The van der Waals surface area contributed by atoms with Gasteiger partial charge in [0.25, 0.3) is 5.91 Å². The number of anilines is 1. The van der Waals surface area contributed by atoms with Crippen molar-refractivity contribution in [2.75, 3.05) is 11.9 Å². The summed E-state index contributed by atoms with van der Waals surface area (Å²) in [5, 5.41) is 9.88. The Bertz CT molecular complexity index is 636. The van der Waals surface area contributed by atoms with Crippen LogP contribution in [0.25, 0.3) is 0 Å². The predicted molar refractivity (Wildman–Crippen MR) is 72.4 cm³/mol. The second kappa shape index (κ2) is 5.34. The molecule has 1 aromatic carbocycles. The molecule has 0 aliphatic carbocycles. The van der Waals surface area contributed by atoms with Crippen molar-refractivity contribution in [2.24, 2.45) is 0 Å². The Hall–Kier alpha value is -2.34. The van der Waals surface area contributed by atoms with Crippen molar-refractivity contribution in [2.45, 2.75) is 20.0 Å². The van der Waals surface area contributed by atoms with Crippen molar-refractivity contribution in [1.82, 2.24) is 10.5 Å². The lowest BCUT2D eigenvalue weighted by atomic mass is 10.1. The van der Waals surface area contributed by atoms with Crippen molar-refractivity contribution in [3.8, 4) is 5.75 Å². The number of hydrogen-bond donors (Lipinski definition) is 2. The minimum Gasteiger partial charge on any atom is -0.482 e. The number of aromatic nitrogens is 1. The van der Waals surface area contributed by atoms with Crippen LogP contribution in [0.15, 0.2) is 28.8 Å². The fraction of sp³-hybridized carbons (Fsp3) is 0.286. The molecule has 20 heavy (non-hydrogen) atoms. The van der Waals surface area contributed by atoms with E-state index in [4.69, 9.17) is 9.26 Å². The SMILES string of the molecule is Cc1cc(CNCc2ccc3c(c2)NC(=O)CO3)on1. The summed E-state index contributed by atoms with van der Waals surface area (Å²) in [6.45, 7) is 3.25. The molecule has 0 bridgehead atoms. The first-order valence-corrected chi connectivity index (χ1v) is 6.39. The number of benzene rings is 1. The summed E-state index contributed by atoms with van der Waals surface area (Å²) in [4.78, 5) is 11.3. The van der Waals surface area contributed by atoms with Crippen LogP contribution in [0, 0.1) is 6.92 Å². The molecule has 1 amide bonds. The third kappa shape index (κ3) is 2.80. The molecule has 1 aliphatic heterocycles. The number of carbonyl (C=O) groups is 1. The number of amides is 1. The third-order valence-corrected chi connectivity index (χ3v) is 2.98. The molecular weight excluding hydrogens is 258 g/mol. The number of fused-ring (bicyclic) bond motifs is 1. The molecule has 2 heterocycles. The quantitative estimate of drug-likeness (QED) is 0.885. The summed E-state index contributed by atoms with van der Waals surface area (Å²) in [6, 6.07) is 7.64. The minimum atomic E-state index is -0.125. The van der Waals surface area contributed by atoms with Crippen molar-refractivity contribution in [1.29, 1.82) is 0 Å². The molecule has 0 saturated heterocycles. The number of ether oxygens (including phenoxy) is 1. The van der Waals surface area contributed by atoms with E-state index in [0.29, 0.717) is 18.8 Å². The molecule has 0 unspecified atom stereocenters. The zero-order chi connectivity index (χ0) is 13.9. The highest BCUT2D eigenvalue weighted by Gasteiger charge is 2.15. The highest BCUT2D eigenvalue weighted by Crippen LogP contribution is 2.28. The Morgan fingerprint density at radius 3 is 3.05 bits per heavy atom. The van der Waals surface area contributed by atoms with Gasteiger partial charge in [0.15, 0.2) is 12.4 Å². The van der Waals surface area contributed by atoms with Gasteiger partial charge in [-0.05, 0) is 24.6 Å². The second-order valence-electron chi connectivity index (χ2n) is 4.71. The van der Waals surface area contributed by atoms with Gasteiger partial charge < -0.3 is 19.9 Å². The lowest BCUT2D eigenvalue weighted by Gasteiger charge is -2.18. The van der Waals surface area contributed by atoms with Gasteiger partial charge in [0.05, 0.1) is 17.9 Å². The first kappa shape index (κ1) is 12.7. The Balaban J connectivity index is 1.60. The van der Waals surface area contributed by atoms with Gasteiger partial charge in [-0.15, -0.1) is 0 Å². The van der Waals surface area contributed by atoms with Crippen molar-refractivity contribution in [3.63, 3.8) is 0 Å². The van der Waals surface area contributed by atoms with Crippen LogP contribution in [0.1, 0.15) is 17.0 Å². The molecule has 2 N–H and O–H groups in total. The monoisotopic (exact) mass is 273 g/mol. The van der Waals surface area contributed by atoms with Crippen LogP contribution in [0.4, 0.5) is 5.69 Å². The van der Waals surface area contributed by atoms with Gasteiger partial charge in [-0.1, -0.05) is 11.2 Å². The van der Waals surface area contributed by atoms with Crippen LogP contribution in [-0.2, 0) is 17.9 Å². The third-order valence-electron chi connectivity index (χ3n) is 2.98. The van der Waals surface area contributed by atoms with E-state index in [9.17, 15) is 4.79 Å². The van der Waals surface area contributed by atoms with Crippen molar-refractivity contribution in [3.05, 3.63) is 41.3 Å². The summed E-state index contributed by atoms with van der Waals surface area (Å²) < 4.78 is 10.4. The number of aryl methyl sites for hydroxylation is 1. The molecule has 6 heteroatoms. The lowest BCUT2D eigenvalue weighted by Crippen LogP contribution is -2.25. The van der Waals surface area contributed by atoms with E-state index in [1.165, 1.54) is 0 Å². The topological polar surface area (TPSA) is 76.4 Å². The second-order valence-corrected chi connectivity index (χ2v) is 4.71. The van der Waals surface area contributed by atoms with E-state index in [2.05, 4.69) is 15.8 Å². The predicted octanol–water partition coefficient (Wildman–Crippen LogP) is 1.60. The smallest absolute Gasteiger partial charge is 0.262 e. The number of hydrogen-bond acceptors (Lipinski definition) is 5. The maximum absolute atomic E-state index is 11.3. The van der Waals surface area contributed by atoms with E-state index < -0.39 is 0 Å². The first-order chi connectivity index (χ1) is 9.70. The molecule has 3 rings (SSSR count). The normalized spacial score (nSPS) is 13.6. The maximum Gasteiger partial charge on any atom is 0.262 e. The minimum absolute atomic E-state index is 0.0788. The maximum atomic E-state index is 11.3. The van der Waals surface area contributed by atoms with Crippen LogP contribution in [0.5, 0.6) is 5.75 Å². The molecule has 104 valence electrons. The molecular formula is C14H15N3O3. The Labute approximate surface area is 116 Å². The molecule has 2 aromatic rings. The first-order valence-electron chi connectivity index (χ1n) is 6.39. The summed E-state index contributed by atoms with van der Waals surface area (Å²) in [5.74, 6) is 1.39. The van der Waals surface area contributed by atoms with E-state index in [0.717, 1.165) is 22.7 Å². The molecule has 0 spiro atoms. The average Bonchev–Trinajstić information content (AvgIpc) is 2.84. The van der Waals surface area contributed by atoms with E-state index in [1.807, 2.05) is 31.2 Å². The highest BCUT2D eigenvalue weighted by atomic mass is 16.5. The molecule has 0 radical (unpaired) electrons. The van der Waals surface area contributed by atoms with Gasteiger partial charge in [-0.25, -0.2) is 0 Å². The number of nitrogens with zero attached hydrogens (tertiary/aromatic N) is 1. The number of nitrogens with one attached hydrogen (secondary N) is 2. The Morgan fingerprint density at radius 1 is 1.35 bits per heavy atom. The van der Waals surface area contributed by atoms with Crippen LogP contribution in [-0.4, -0.2) is 17.7 Å². The van der Waals surface area contributed by atoms with Crippen LogP contribution in [0.2, 0.25) is 0 Å². The van der Waals surface area contributed by atoms with Gasteiger partial charge in [-0.3, -0.25) is 4.79 Å². The van der Waals surface area contributed by atoms with Gasteiger partial charge in [-0.2, -0.15) is 0 Å². The van der Waals surface area contributed by atoms with Crippen molar-refractivity contribution >= 4 is 11.6 Å². The van der Waals surface area contributed by atoms with Crippen LogP contribution < -0.4 is 15.4 Å². The number of carbonyl (C=O) groups excluding carboxylic acids is 1. The standard InChI is InChI=1S/C14H15N3O3/c1-9-4-11(20-17-9)7-15-6-10-2-3-13-12(5-10)16-14(18)8-19-13/h2-5,15H,6-8H2,1H3,(H,16,18). The van der Waals surface area contributed by atoms with Crippen molar-refractivity contribution < 1.29 is 14.1 Å². The van der Waals surface area contributed by atoms with Crippen LogP contribution >= 0.6 is 0 Å². The summed E-state index contributed by atoms with van der Waals surface area (Å²) >= 11 is 0. The van der Waals surface area contributed by atoms with E-state index in [1.54, 1.807) is 0 Å². The van der Waals surface area contributed by atoms with E-state index in [-0.39, 0.29) is 12.5 Å². The molecule has 1 aliphatic rings. The highest BCUT2D eigenvalue weighted by molar-refractivity contribution is 5.95. The summed E-state index contributed by atoms with van der Waals surface area (Å²) in [5.41, 5.74) is 2.65. The fourth-order valence-corrected chi connectivity index (χ4v) is 2.07. The zero-order valence-corrected chi connectivity index (χ0v) is 11.1. The molecule has 1 aromatic heterocycles. The summed E-state index contributed by atoms with van der Waals surface area (Å²) in [7, 11) is 0. The summed E-state index contributed by atoms with van der Waals surface area (Å²) in [6.07, 6.45) is 0. The molecule has 0 fully saturated rings. The zero-order valence-electron chi connectivity index (χ0n) is 11.1. The van der Waals surface area contributed by atoms with Gasteiger partial charge >= 0.3 is 0 Å². The molecule has 6 nitrogen and oxygen atoms in total. The Morgan fingerprint density at radius 2 is 2.25 bits per heavy atom. The largest absolute Gasteiger partial charge is 0.482 e. The van der Waals surface area contributed by atoms with Gasteiger partial charge in [0.2, 0.25) is 0 Å². The fourth-order valence-electron chi connectivity index (χ4n) is 2.07. The van der Waals surface area contributed by atoms with Gasteiger partial charge in [0.1, 0.15) is 5.75 Å².